The second kappa shape index (κ2) is 186. The molecular weight excluding hydrogens is 130 g/mol. The van der Waals surface area contributed by atoms with E-state index in [1.807, 2.05) is 0 Å². The number of rotatable bonds is 0. The third kappa shape index (κ3) is 39700. The Kier molecular flexibility index (Phi) is 1130. The molecule has 0 bridgehead atoms. The molecule has 0 heterocycles. The first-order valence-corrected chi connectivity index (χ1v) is 2.83. The third-order valence-corrected chi connectivity index (χ3v) is 0. The fraction of sp³-hybridized carbons (Fsp3) is 1.00. The fourth-order valence-electron chi connectivity index (χ4n) is 0. The van der Waals surface area contributed by atoms with Crippen LogP contribution in [0.25, 0.3) is 0 Å². The number of hydrogen-bond donors (Lipinski definition) is 0. The molecule has 11 heavy (non-hydrogen) atoms. The molecule has 0 aromatic rings. The van der Waals surface area contributed by atoms with Crippen LogP contribution in [0, 0.1) is 0 Å². The zero-order valence-electron chi connectivity index (χ0n) is 6.57. The van der Waals surface area contributed by atoms with Crippen molar-refractivity contribution in [3.8, 4) is 0 Å². The molecule has 0 spiro atoms. The maximum Gasteiger partial charge on any atom is 0 e. The van der Waals surface area contributed by atoms with Gasteiger partial charge < -0.3 is 0 Å². The van der Waals surface area contributed by atoms with E-state index in [-0.39, 0.29) is 39.1 Å². The van der Waals surface area contributed by atoms with E-state index in [9.17, 15) is 0 Å². The first-order chi connectivity index (χ1) is 2.83. The van der Waals surface area contributed by atoms with Crippen molar-refractivity contribution >= 4 is 16.8 Å². The van der Waals surface area contributed by atoms with Gasteiger partial charge in [0, 0.05) is 16.8 Å². The normalized spacial score (nSPS) is 3.27. The minimum Gasteiger partial charge on any atom is -0.0776 e. The Morgan fingerprint density at radius 1 is 0.545 bits per heavy atom. The summed E-state index contributed by atoms with van der Waals surface area (Å²) in [6.07, 6.45) is 2.50. The van der Waals surface area contributed by atoms with Crippen molar-refractivity contribution in [1.29, 1.82) is 0 Å². The van der Waals surface area contributed by atoms with Crippen LogP contribution in [0.1, 0.15) is 62.8 Å². The Morgan fingerprint density at radius 3 is 0.545 bits per heavy atom. The molecule has 0 saturated carbocycles. The second-order valence-electron chi connectivity index (χ2n) is 1.41. The van der Waals surface area contributed by atoms with E-state index in [4.69, 9.17) is 0 Å². The lowest BCUT2D eigenvalue weighted by molar-refractivity contribution is 1.09. The molecule has 0 saturated heterocycles. The summed E-state index contributed by atoms with van der Waals surface area (Å²) in [5.41, 5.74) is 0. The van der Waals surface area contributed by atoms with Gasteiger partial charge in [0.05, 0.1) is 0 Å². The van der Waals surface area contributed by atoms with Crippen LogP contribution in [0.2, 0.25) is 0 Å². The molecule has 70 valence electrons. The molecule has 0 atom stereocenters. The molecule has 0 aliphatic heterocycles. The van der Waals surface area contributed by atoms with E-state index < -0.39 is 0 Å². The fourth-order valence-corrected chi connectivity index (χ4v) is 0. The predicted octanol–water partition coefficient (Wildman–Crippen LogP) is 3.98. The summed E-state index contributed by atoms with van der Waals surface area (Å²) in [7, 11) is 0. The van der Waals surface area contributed by atoms with Gasteiger partial charge in [-0.25, -0.2) is 0 Å². The van der Waals surface area contributed by atoms with Crippen LogP contribution >= 0.6 is 0 Å². The zero-order chi connectivity index (χ0) is 5.41. The Morgan fingerprint density at radius 2 is 0.545 bits per heavy atom. The predicted molar refractivity (Wildman–Crippen MR) is 63.6 cm³/mol. The van der Waals surface area contributed by atoms with Crippen LogP contribution in [0.3, 0.4) is 0 Å². The average Bonchev–Trinajstić information content (AvgIpc) is 1.39. The van der Waals surface area contributed by atoms with E-state index in [1.54, 1.807) is 0 Å². The summed E-state index contributed by atoms with van der Waals surface area (Å²) in [6.45, 7) is 8.50. The van der Waals surface area contributed by atoms with E-state index in [0.29, 0.717) is 0 Å². The van der Waals surface area contributed by atoms with Crippen molar-refractivity contribution < 1.29 is 0 Å². The number of hydrogen-bond acceptors (Lipinski definition) is 0. The second-order valence-corrected chi connectivity index (χ2v) is 1.41. The van der Waals surface area contributed by atoms with Gasteiger partial charge in [0.1, 0.15) is 0 Å². The molecule has 0 unspecified atom stereocenters. The Balaban J connectivity index is -0.00000000400. The highest BCUT2D eigenvalue weighted by Crippen LogP contribution is 1.56. The Bertz CT molecular complexity index is 9.52. The average molecular weight is 158 g/mol. The van der Waals surface area contributed by atoms with E-state index in [1.165, 1.54) is 12.8 Å². The summed E-state index contributed by atoms with van der Waals surface area (Å²) >= 11 is 0. The van der Waals surface area contributed by atoms with Crippen LogP contribution in [-0.4, -0.2) is 16.8 Å². The lowest BCUT2D eigenvalue weighted by Crippen LogP contribution is -1.27. The van der Waals surface area contributed by atoms with Gasteiger partial charge >= 0.3 is 0 Å². The van der Waals surface area contributed by atoms with Crippen LogP contribution in [-0.2, 0) is 0 Å². The monoisotopic (exact) mass is 158 g/mol. The molecule has 0 rings (SSSR count). The van der Waals surface area contributed by atoms with Gasteiger partial charge in [0.25, 0.3) is 0 Å². The molecule has 0 N–H and O–H groups in total. The highest BCUT2D eigenvalue weighted by Gasteiger charge is 1.36. The van der Waals surface area contributed by atoms with Gasteiger partial charge in [-0.2, -0.15) is 0 Å². The molecule has 0 aliphatic rings. The Labute approximate surface area is 80.3 Å². The van der Waals surface area contributed by atoms with Crippen molar-refractivity contribution in [3.63, 3.8) is 0 Å². The third-order valence-electron chi connectivity index (χ3n) is 0. The largest absolute Gasteiger partial charge is 0.0776 e. The van der Waals surface area contributed by atoms with E-state index >= 15 is 0 Å². The molecule has 0 aliphatic carbocycles. The van der Waals surface area contributed by atoms with Gasteiger partial charge in [-0.1, -0.05) is 62.8 Å². The summed E-state index contributed by atoms with van der Waals surface area (Å²) < 4.78 is 0. The highest BCUT2D eigenvalue weighted by molar-refractivity contribution is 5.76. The van der Waals surface area contributed by atoms with E-state index in [0.717, 1.165) is 0 Å². The van der Waals surface area contributed by atoms with Gasteiger partial charge in [0.2, 0.25) is 0 Å². The molecule has 0 aromatic heterocycles. The smallest absolute Gasteiger partial charge is 0 e. The van der Waals surface area contributed by atoms with Crippen molar-refractivity contribution in [1.82, 2.24) is 0 Å². The molecule has 6 radical (unpaired) electrons. The standard InChI is InChI=1S/2C3H8.3CH4.2B/c2*1-3-2;;;;;/h2*3H2,1-2H3;3*1H4;;. The van der Waals surface area contributed by atoms with Gasteiger partial charge in [-0.3, -0.25) is 0 Å². The molecule has 0 nitrogen and oxygen atoms in total. The summed E-state index contributed by atoms with van der Waals surface area (Å²) in [4.78, 5) is 0. The van der Waals surface area contributed by atoms with Crippen molar-refractivity contribution in [2.24, 2.45) is 0 Å². The van der Waals surface area contributed by atoms with Gasteiger partial charge in [-0.05, 0) is 0 Å². The maximum atomic E-state index is 2.12. The van der Waals surface area contributed by atoms with Crippen LogP contribution in [0.4, 0.5) is 0 Å². The molecule has 0 aromatic carbocycles. The van der Waals surface area contributed by atoms with Crippen molar-refractivity contribution in [3.05, 3.63) is 0 Å². The molecule has 0 amide bonds. The van der Waals surface area contributed by atoms with Crippen LogP contribution in [0.15, 0.2) is 0 Å². The lowest BCUT2D eigenvalue weighted by atomic mass is 10.6. The first-order valence-electron chi connectivity index (χ1n) is 2.83. The quantitative estimate of drug-likeness (QED) is 0.467. The van der Waals surface area contributed by atoms with Crippen LogP contribution in [0.5, 0.6) is 0 Å². The van der Waals surface area contributed by atoms with Crippen molar-refractivity contribution in [2.45, 2.75) is 62.8 Å². The Hall–Kier alpha value is 0.130. The molecule has 0 fully saturated rings. The maximum absolute atomic E-state index is 2.12. The lowest BCUT2D eigenvalue weighted by Gasteiger charge is -1.48. The SMILES string of the molecule is C.C.C.CCC.CCC.[B].[B]. The summed E-state index contributed by atoms with van der Waals surface area (Å²) in [5.74, 6) is 0. The molecule has 2 heteroatoms. The topological polar surface area (TPSA) is 0 Å². The molecular formula is C9H28B2. The van der Waals surface area contributed by atoms with Gasteiger partial charge in [0.15, 0.2) is 0 Å². The summed E-state index contributed by atoms with van der Waals surface area (Å²) in [5, 5.41) is 0. The van der Waals surface area contributed by atoms with Crippen LogP contribution < -0.4 is 0 Å². The highest BCUT2D eigenvalue weighted by atomic mass is 13.4. The summed E-state index contributed by atoms with van der Waals surface area (Å²) in [6, 6.07) is 0. The first kappa shape index (κ1) is 67.0. The van der Waals surface area contributed by atoms with Gasteiger partial charge in [-0.15, -0.1) is 0 Å². The zero-order valence-corrected chi connectivity index (χ0v) is 6.57. The van der Waals surface area contributed by atoms with Crippen molar-refractivity contribution in [2.75, 3.05) is 0 Å². The minimum absolute atomic E-state index is 0. The minimum atomic E-state index is 0. The van der Waals surface area contributed by atoms with E-state index in [2.05, 4.69) is 27.7 Å².